The molecule has 8 nitrogen and oxygen atoms in total. The molecular formula is C25H27N3O5S2. The molecule has 0 amide bonds. The summed E-state index contributed by atoms with van der Waals surface area (Å²) < 4.78 is 60.4. The van der Waals surface area contributed by atoms with Crippen LogP contribution in [0.25, 0.3) is 0 Å². The molecule has 3 aromatic rings. The Labute approximate surface area is 206 Å². The molecule has 0 aromatic heterocycles. The summed E-state index contributed by atoms with van der Waals surface area (Å²) in [6, 6.07) is 20.1. The van der Waals surface area contributed by atoms with Gasteiger partial charge in [0.25, 0.3) is 10.0 Å². The lowest BCUT2D eigenvalue weighted by atomic mass is 9.99. The number of sulfonamides is 2. The van der Waals surface area contributed by atoms with Crippen LogP contribution in [0.1, 0.15) is 36.1 Å². The maximum Gasteiger partial charge on any atom is 0.279 e. The molecule has 1 atom stereocenters. The van der Waals surface area contributed by atoms with E-state index in [1.54, 1.807) is 74.7 Å². The molecule has 1 N–H and O–H groups in total. The van der Waals surface area contributed by atoms with Gasteiger partial charge < -0.3 is 4.74 Å². The van der Waals surface area contributed by atoms with Gasteiger partial charge in [0.2, 0.25) is 10.0 Å². The molecule has 1 heterocycles. The first-order chi connectivity index (χ1) is 16.6. The second kappa shape index (κ2) is 9.71. The number of anilines is 1. The number of ether oxygens (including phenoxy) is 1. The van der Waals surface area contributed by atoms with E-state index in [1.165, 1.54) is 0 Å². The Hall–Kier alpha value is -3.37. The molecule has 0 bridgehead atoms. The van der Waals surface area contributed by atoms with Crippen LogP contribution in [0.15, 0.2) is 82.8 Å². The Morgan fingerprint density at radius 2 is 1.71 bits per heavy atom. The Morgan fingerprint density at radius 1 is 1.00 bits per heavy atom. The largest absolute Gasteiger partial charge is 0.497 e. The summed E-state index contributed by atoms with van der Waals surface area (Å²) in [7, 11) is -5.87. The van der Waals surface area contributed by atoms with E-state index in [4.69, 9.17) is 4.74 Å². The molecule has 1 aliphatic rings. The summed E-state index contributed by atoms with van der Waals surface area (Å²) in [6.45, 7) is 3.45. The number of hydrazone groups is 1. The average molecular weight is 514 g/mol. The zero-order valence-corrected chi connectivity index (χ0v) is 21.3. The predicted molar refractivity (Wildman–Crippen MR) is 137 cm³/mol. The molecule has 184 valence electrons. The molecule has 0 fully saturated rings. The molecule has 4 rings (SSSR count). The summed E-state index contributed by atoms with van der Waals surface area (Å²) in [6.07, 6.45) is 0.308. The fourth-order valence-electron chi connectivity index (χ4n) is 3.81. The van der Waals surface area contributed by atoms with Gasteiger partial charge in [-0.1, -0.05) is 42.0 Å². The number of aryl methyl sites for hydroxylation is 1. The molecule has 0 saturated heterocycles. The van der Waals surface area contributed by atoms with E-state index >= 15 is 0 Å². The van der Waals surface area contributed by atoms with Gasteiger partial charge in [-0.25, -0.2) is 8.42 Å². The third-order valence-corrected chi connectivity index (χ3v) is 8.77. The Balaban J connectivity index is 1.78. The molecule has 1 unspecified atom stereocenters. The maximum absolute atomic E-state index is 13.7. The van der Waals surface area contributed by atoms with Crippen LogP contribution in [0.5, 0.6) is 5.75 Å². The van der Waals surface area contributed by atoms with E-state index in [2.05, 4.69) is 9.82 Å². The number of hydrogen-bond donors (Lipinski definition) is 1. The number of benzene rings is 3. The zero-order valence-electron chi connectivity index (χ0n) is 19.7. The highest BCUT2D eigenvalue weighted by Gasteiger charge is 2.38. The minimum atomic E-state index is -3.96. The quantitative estimate of drug-likeness (QED) is 0.483. The third kappa shape index (κ3) is 5.33. The monoisotopic (exact) mass is 513 g/mol. The second-order valence-electron chi connectivity index (χ2n) is 8.22. The van der Waals surface area contributed by atoms with Crippen LogP contribution in [0.4, 0.5) is 5.69 Å². The molecule has 10 heteroatoms. The van der Waals surface area contributed by atoms with E-state index in [-0.39, 0.29) is 10.6 Å². The number of nitrogens with zero attached hydrogens (tertiary/aromatic N) is 2. The van der Waals surface area contributed by atoms with Gasteiger partial charge in [-0.2, -0.15) is 17.9 Å². The van der Waals surface area contributed by atoms with Gasteiger partial charge in [0, 0.05) is 12.1 Å². The smallest absolute Gasteiger partial charge is 0.279 e. The van der Waals surface area contributed by atoms with Gasteiger partial charge in [-0.05, 0) is 61.4 Å². The fraction of sp³-hybridized carbons (Fsp3) is 0.240. The summed E-state index contributed by atoms with van der Waals surface area (Å²) in [5.41, 5.74) is 3.25. The first kappa shape index (κ1) is 24.7. The van der Waals surface area contributed by atoms with Crippen molar-refractivity contribution in [2.75, 3.05) is 17.6 Å². The van der Waals surface area contributed by atoms with Crippen LogP contribution in [0, 0.1) is 6.92 Å². The topological polar surface area (TPSA) is 105 Å². The lowest BCUT2D eigenvalue weighted by molar-refractivity contribution is 0.368. The third-order valence-electron chi connectivity index (χ3n) is 5.77. The van der Waals surface area contributed by atoms with E-state index in [0.717, 1.165) is 15.5 Å². The van der Waals surface area contributed by atoms with Crippen molar-refractivity contribution in [3.05, 3.63) is 89.5 Å². The summed E-state index contributed by atoms with van der Waals surface area (Å²) in [5, 5.41) is 4.54. The maximum atomic E-state index is 13.7. The van der Waals surface area contributed by atoms with Crippen molar-refractivity contribution in [2.24, 2.45) is 5.10 Å². The van der Waals surface area contributed by atoms with Crippen molar-refractivity contribution in [1.82, 2.24) is 4.41 Å². The normalized spacial score (nSPS) is 16.1. The minimum Gasteiger partial charge on any atom is -0.497 e. The van der Waals surface area contributed by atoms with E-state index < -0.39 is 26.1 Å². The highest BCUT2D eigenvalue weighted by Crippen LogP contribution is 2.38. The van der Waals surface area contributed by atoms with Crippen LogP contribution in [-0.4, -0.2) is 39.8 Å². The van der Waals surface area contributed by atoms with Crippen molar-refractivity contribution >= 4 is 31.4 Å². The van der Waals surface area contributed by atoms with E-state index in [1.807, 2.05) is 19.1 Å². The Kier molecular flexibility index (Phi) is 6.86. The molecule has 35 heavy (non-hydrogen) atoms. The number of nitrogens with one attached hydrogen (secondary N) is 1. The number of hydrogen-bond acceptors (Lipinski definition) is 6. The number of rotatable bonds is 8. The SMILES string of the molecule is CCS(=O)(=O)Nc1cccc(C2=NN(S(=O)(=O)c3ccc(C)cc3)C(c3cccc(OC)c3)C2)c1. The molecular weight excluding hydrogens is 486 g/mol. The molecule has 0 saturated carbocycles. The number of methoxy groups -OCH3 is 1. The van der Waals surface area contributed by atoms with Gasteiger partial charge >= 0.3 is 0 Å². The molecule has 0 spiro atoms. The highest BCUT2D eigenvalue weighted by molar-refractivity contribution is 7.92. The van der Waals surface area contributed by atoms with Crippen molar-refractivity contribution in [3.63, 3.8) is 0 Å². The van der Waals surface area contributed by atoms with Gasteiger partial charge in [0.1, 0.15) is 5.75 Å². The first-order valence-electron chi connectivity index (χ1n) is 11.1. The lowest BCUT2D eigenvalue weighted by Crippen LogP contribution is -2.27. The molecule has 1 aliphatic heterocycles. The van der Waals surface area contributed by atoms with Crippen LogP contribution in [-0.2, 0) is 20.0 Å². The van der Waals surface area contributed by atoms with Gasteiger partial charge in [0.05, 0.1) is 29.5 Å². The van der Waals surface area contributed by atoms with Crippen LogP contribution >= 0.6 is 0 Å². The van der Waals surface area contributed by atoms with Crippen molar-refractivity contribution in [2.45, 2.75) is 31.2 Å². The summed E-state index contributed by atoms with van der Waals surface area (Å²) >= 11 is 0. The average Bonchev–Trinajstić information content (AvgIpc) is 3.31. The second-order valence-corrected chi connectivity index (χ2v) is 12.0. The Morgan fingerprint density at radius 3 is 2.40 bits per heavy atom. The van der Waals surface area contributed by atoms with Crippen molar-refractivity contribution in [3.8, 4) is 5.75 Å². The minimum absolute atomic E-state index is 0.0569. The van der Waals surface area contributed by atoms with Gasteiger partial charge in [0.15, 0.2) is 0 Å². The van der Waals surface area contributed by atoms with Crippen LogP contribution in [0.3, 0.4) is 0 Å². The predicted octanol–water partition coefficient (Wildman–Crippen LogP) is 4.31. The van der Waals surface area contributed by atoms with Gasteiger partial charge in [-0.3, -0.25) is 4.72 Å². The van der Waals surface area contributed by atoms with Gasteiger partial charge in [-0.15, -0.1) is 0 Å². The van der Waals surface area contributed by atoms with E-state index in [9.17, 15) is 16.8 Å². The van der Waals surface area contributed by atoms with Crippen LogP contribution < -0.4 is 9.46 Å². The fourth-order valence-corrected chi connectivity index (χ4v) is 5.88. The standard InChI is InChI=1S/C25H27N3O5S2/c1-4-34(29,30)27-21-9-5-7-19(15-21)24-17-25(20-8-6-10-22(16-20)33-3)28(26-24)35(31,32)23-13-11-18(2)12-14-23/h5-16,25,27H,4,17H2,1-3H3. The highest BCUT2D eigenvalue weighted by atomic mass is 32.2. The first-order valence-corrected chi connectivity index (χ1v) is 14.2. The Bertz CT molecular complexity index is 1470. The van der Waals surface area contributed by atoms with Crippen molar-refractivity contribution in [1.29, 1.82) is 0 Å². The zero-order chi connectivity index (χ0) is 25.2. The summed E-state index contributed by atoms with van der Waals surface area (Å²) in [5.74, 6) is 0.554. The molecule has 0 radical (unpaired) electrons. The van der Waals surface area contributed by atoms with Crippen LogP contribution in [0.2, 0.25) is 0 Å². The lowest BCUT2D eigenvalue weighted by Gasteiger charge is -2.23. The molecule has 0 aliphatic carbocycles. The van der Waals surface area contributed by atoms with E-state index in [0.29, 0.717) is 29.1 Å². The van der Waals surface area contributed by atoms with Crippen molar-refractivity contribution < 1.29 is 21.6 Å². The molecule has 3 aromatic carbocycles. The summed E-state index contributed by atoms with van der Waals surface area (Å²) in [4.78, 5) is 0.144.